The number of anilines is 1. The van der Waals surface area contributed by atoms with Crippen LogP contribution < -0.4 is 15.5 Å². The number of nitrogens with zero attached hydrogens (tertiary/aromatic N) is 1. The van der Waals surface area contributed by atoms with Crippen molar-refractivity contribution in [3.8, 4) is 5.75 Å². The minimum atomic E-state index is -4.51. The number of carbonyl (C=O) groups is 3. The summed E-state index contributed by atoms with van der Waals surface area (Å²) < 4.78 is 47.6. The van der Waals surface area contributed by atoms with Gasteiger partial charge in [0.2, 0.25) is 5.76 Å². The number of carbonyl (C=O) groups excluding carboxylic acids is 3. The highest BCUT2D eigenvalue weighted by Gasteiger charge is 2.30. The van der Waals surface area contributed by atoms with Gasteiger partial charge in [-0.1, -0.05) is 0 Å². The van der Waals surface area contributed by atoms with Gasteiger partial charge < -0.3 is 14.5 Å². The van der Waals surface area contributed by atoms with E-state index < -0.39 is 29.5 Å². The maximum atomic E-state index is 12.5. The van der Waals surface area contributed by atoms with Crippen LogP contribution in [0.15, 0.2) is 76.4 Å². The van der Waals surface area contributed by atoms with Crippen molar-refractivity contribution in [2.45, 2.75) is 6.18 Å². The third kappa shape index (κ3) is 6.05. The average molecular weight is 445 g/mol. The van der Waals surface area contributed by atoms with Crippen molar-refractivity contribution in [2.75, 3.05) is 5.32 Å². The number of hydrogen-bond acceptors (Lipinski definition) is 6. The summed E-state index contributed by atoms with van der Waals surface area (Å²) in [5.41, 5.74) is 1.65. The Morgan fingerprint density at radius 3 is 2.22 bits per heavy atom. The summed E-state index contributed by atoms with van der Waals surface area (Å²) in [6.07, 6.45) is -1.93. The number of rotatable bonds is 5. The van der Waals surface area contributed by atoms with Crippen LogP contribution in [0.5, 0.6) is 5.75 Å². The number of ether oxygens (including phenoxy) is 1. The normalized spacial score (nSPS) is 11.2. The molecule has 0 fully saturated rings. The second kappa shape index (κ2) is 9.60. The fourth-order valence-corrected chi connectivity index (χ4v) is 2.32. The lowest BCUT2D eigenvalue weighted by Crippen LogP contribution is -2.32. The van der Waals surface area contributed by atoms with E-state index in [9.17, 15) is 27.6 Å². The SMILES string of the molecule is O=C(N/N=C/c1ccc(OC(=O)c2ccco2)cc1)C(=O)Nc1ccc(C(F)(F)F)cc1. The van der Waals surface area contributed by atoms with Gasteiger partial charge in [0.15, 0.2) is 0 Å². The molecule has 8 nitrogen and oxygen atoms in total. The average Bonchev–Trinajstić information content (AvgIpc) is 3.30. The lowest BCUT2D eigenvalue weighted by atomic mass is 10.2. The van der Waals surface area contributed by atoms with E-state index in [1.165, 1.54) is 30.7 Å². The molecule has 2 aromatic carbocycles. The Balaban J connectivity index is 1.49. The summed E-state index contributed by atoms with van der Waals surface area (Å²) in [5, 5.41) is 5.78. The molecule has 0 unspecified atom stereocenters. The molecule has 0 aliphatic carbocycles. The predicted molar refractivity (Wildman–Crippen MR) is 106 cm³/mol. The zero-order chi connectivity index (χ0) is 23.1. The van der Waals surface area contributed by atoms with Gasteiger partial charge in [-0.2, -0.15) is 18.3 Å². The molecule has 0 saturated heterocycles. The zero-order valence-electron chi connectivity index (χ0n) is 16.1. The Bertz CT molecular complexity index is 1120. The number of furan rings is 1. The van der Waals surface area contributed by atoms with Crippen LogP contribution in [0.25, 0.3) is 0 Å². The molecule has 0 aliphatic heterocycles. The third-order valence-corrected chi connectivity index (χ3v) is 3.87. The minimum absolute atomic E-state index is 0.0156. The van der Waals surface area contributed by atoms with Crippen LogP contribution in [0.2, 0.25) is 0 Å². The first-order valence-electron chi connectivity index (χ1n) is 8.90. The molecule has 2 N–H and O–H groups in total. The van der Waals surface area contributed by atoms with Crippen LogP contribution in [0.1, 0.15) is 21.7 Å². The lowest BCUT2D eigenvalue weighted by Gasteiger charge is -2.08. The largest absolute Gasteiger partial charge is 0.457 e. The topological polar surface area (TPSA) is 110 Å². The number of alkyl halides is 3. The van der Waals surface area contributed by atoms with E-state index in [1.54, 1.807) is 18.2 Å². The second-order valence-electron chi connectivity index (χ2n) is 6.16. The molecule has 1 aromatic heterocycles. The Hall–Kier alpha value is -4.41. The number of nitrogens with one attached hydrogen (secondary N) is 2. The van der Waals surface area contributed by atoms with Crippen molar-refractivity contribution >= 4 is 29.7 Å². The third-order valence-electron chi connectivity index (χ3n) is 3.87. The molecule has 32 heavy (non-hydrogen) atoms. The number of hydrogen-bond donors (Lipinski definition) is 2. The highest BCUT2D eigenvalue weighted by Crippen LogP contribution is 2.29. The van der Waals surface area contributed by atoms with Gasteiger partial charge in [0, 0.05) is 5.69 Å². The first kappa shape index (κ1) is 22.3. The molecule has 3 rings (SSSR count). The van der Waals surface area contributed by atoms with Crippen molar-refractivity contribution in [1.82, 2.24) is 5.43 Å². The Kier molecular flexibility index (Phi) is 6.68. The Labute approximate surface area is 178 Å². The monoisotopic (exact) mass is 445 g/mol. The summed E-state index contributed by atoms with van der Waals surface area (Å²) >= 11 is 0. The smallest absolute Gasteiger partial charge is 0.416 e. The van der Waals surface area contributed by atoms with E-state index in [1.807, 2.05) is 5.43 Å². The molecule has 0 radical (unpaired) electrons. The molecule has 1 heterocycles. The number of benzene rings is 2. The van der Waals surface area contributed by atoms with Crippen molar-refractivity contribution in [3.05, 3.63) is 83.8 Å². The van der Waals surface area contributed by atoms with Gasteiger partial charge in [-0.05, 0) is 66.2 Å². The number of hydrazone groups is 1. The molecule has 0 aliphatic rings. The highest BCUT2D eigenvalue weighted by atomic mass is 19.4. The van der Waals surface area contributed by atoms with Crippen molar-refractivity contribution in [2.24, 2.45) is 5.10 Å². The van der Waals surface area contributed by atoms with Gasteiger partial charge in [0.05, 0.1) is 18.0 Å². The first-order valence-corrected chi connectivity index (χ1v) is 8.90. The summed E-state index contributed by atoms with van der Waals surface area (Å²) in [6, 6.07) is 12.7. The van der Waals surface area contributed by atoms with Gasteiger partial charge in [0.25, 0.3) is 0 Å². The van der Waals surface area contributed by atoms with Crippen molar-refractivity contribution < 1.29 is 36.7 Å². The van der Waals surface area contributed by atoms with Gasteiger partial charge in [0.1, 0.15) is 5.75 Å². The summed E-state index contributed by atoms with van der Waals surface area (Å²) in [4.78, 5) is 35.4. The fraction of sp³-hybridized carbons (Fsp3) is 0.0476. The van der Waals surface area contributed by atoms with E-state index in [0.717, 1.165) is 24.3 Å². The maximum absolute atomic E-state index is 12.5. The quantitative estimate of drug-likeness (QED) is 0.205. The van der Waals surface area contributed by atoms with E-state index >= 15 is 0 Å². The van der Waals surface area contributed by atoms with E-state index in [-0.39, 0.29) is 17.2 Å². The fourth-order valence-electron chi connectivity index (χ4n) is 2.32. The van der Waals surface area contributed by atoms with Crippen molar-refractivity contribution in [3.63, 3.8) is 0 Å². The van der Waals surface area contributed by atoms with Crippen LogP contribution in [0.4, 0.5) is 18.9 Å². The zero-order valence-corrected chi connectivity index (χ0v) is 16.1. The lowest BCUT2D eigenvalue weighted by molar-refractivity contribution is -0.137. The molecule has 11 heteroatoms. The van der Waals surface area contributed by atoms with Gasteiger partial charge in [-0.15, -0.1) is 0 Å². The van der Waals surface area contributed by atoms with Gasteiger partial charge in [-0.3, -0.25) is 9.59 Å². The number of amides is 2. The van der Waals surface area contributed by atoms with Crippen LogP contribution in [-0.2, 0) is 15.8 Å². The summed E-state index contributed by atoms with van der Waals surface area (Å²) in [6.45, 7) is 0. The van der Waals surface area contributed by atoms with E-state index in [0.29, 0.717) is 5.56 Å². The van der Waals surface area contributed by atoms with Crippen LogP contribution >= 0.6 is 0 Å². The molecule has 0 saturated carbocycles. The summed E-state index contributed by atoms with van der Waals surface area (Å²) in [5.74, 6) is -2.59. The van der Waals surface area contributed by atoms with Gasteiger partial charge >= 0.3 is 24.0 Å². The van der Waals surface area contributed by atoms with Crippen LogP contribution in [0, 0.1) is 0 Å². The maximum Gasteiger partial charge on any atom is 0.416 e. The molecule has 2 amide bonds. The van der Waals surface area contributed by atoms with E-state index in [4.69, 9.17) is 9.15 Å². The Morgan fingerprint density at radius 1 is 0.938 bits per heavy atom. The molecule has 164 valence electrons. The van der Waals surface area contributed by atoms with Crippen LogP contribution in [-0.4, -0.2) is 24.0 Å². The molecule has 0 atom stereocenters. The molecule has 0 spiro atoms. The Morgan fingerprint density at radius 2 is 1.62 bits per heavy atom. The summed E-state index contributed by atoms with van der Waals surface area (Å²) in [7, 11) is 0. The predicted octanol–water partition coefficient (Wildman–Crippen LogP) is 3.61. The first-order chi connectivity index (χ1) is 15.2. The van der Waals surface area contributed by atoms with Crippen LogP contribution in [0.3, 0.4) is 0 Å². The van der Waals surface area contributed by atoms with Crippen molar-refractivity contribution in [1.29, 1.82) is 0 Å². The highest BCUT2D eigenvalue weighted by molar-refractivity contribution is 6.39. The molecule has 0 bridgehead atoms. The standard InChI is InChI=1S/C21H14F3N3O5/c22-21(23,24)14-5-7-15(8-6-14)26-18(28)19(29)27-25-12-13-3-9-16(10-4-13)32-20(30)17-2-1-11-31-17/h1-12H,(H,26,28)(H,27,29)/b25-12+. The van der Waals surface area contributed by atoms with Gasteiger partial charge in [-0.25, -0.2) is 10.2 Å². The minimum Gasteiger partial charge on any atom is -0.457 e. The second-order valence-corrected chi connectivity index (χ2v) is 6.16. The molecular formula is C21H14F3N3O5. The number of esters is 1. The molecular weight excluding hydrogens is 431 g/mol. The number of halogens is 3. The van der Waals surface area contributed by atoms with E-state index in [2.05, 4.69) is 10.4 Å². The molecule has 3 aromatic rings.